The summed E-state index contributed by atoms with van der Waals surface area (Å²) in [5, 5.41) is 4.23. The summed E-state index contributed by atoms with van der Waals surface area (Å²) in [7, 11) is 0. The Morgan fingerprint density at radius 2 is 2.38 bits per heavy atom. The third kappa shape index (κ3) is 4.53. The van der Waals surface area contributed by atoms with Gasteiger partial charge in [0.05, 0.1) is 12.7 Å². The minimum Gasteiger partial charge on any atom is -0.458 e. The van der Waals surface area contributed by atoms with Gasteiger partial charge in [0.1, 0.15) is 0 Å². The third-order valence-corrected chi connectivity index (χ3v) is 2.78. The SMILES string of the molecule is CC=CCCC=Nc1cc(C(=O)OC(C)C)nn1C1CO1. The first kappa shape index (κ1) is 15.4. The first-order valence-electron chi connectivity index (χ1n) is 7.17. The van der Waals surface area contributed by atoms with Crippen LogP contribution in [0.15, 0.2) is 23.2 Å². The molecule has 21 heavy (non-hydrogen) atoms. The van der Waals surface area contributed by atoms with E-state index in [-0.39, 0.29) is 18.0 Å². The number of carbonyl (C=O) groups is 1. The van der Waals surface area contributed by atoms with Crippen LogP contribution in [0.25, 0.3) is 0 Å². The molecule has 0 aromatic carbocycles. The molecule has 0 spiro atoms. The largest absolute Gasteiger partial charge is 0.458 e. The summed E-state index contributed by atoms with van der Waals surface area (Å²) in [4.78, 5) is 16.3. The molecule has 1 unspecified atom stereocenters. The first-order chi connectivity index (χ1) is 10.1. The van der Waals surface area contributed by atoms with Crippen molar-refractivity contribution in [1.82, 2.24) is 9.78 Å². The number of esters is 1. The molecule has 6 nitrogen and oxygen atoms in total. The molecule has 2 heterocycles. The number of epoxide rings is 1. The number of hydrogen-bond acceptors (Lipinski definition) is 5. The average molecular weight is 291 g/mol. The zero-order valence-electron chi connectivity index (χ0n) is 12.7. The lowest BCUT2D eigenvalue weighted by atomic mass is 10.3. The Labute approximate surface area is 124 Å². The molecule has 1 saturated heterocycles. The summed E-state index contributed by atoms with van der Waals surface area (Å²) in [6.07, 6.45) is 7.41. The molecule has 0 saturated carbocycles. The van der Waals surface area contributed by atoms with Crippen LogP contribution in [-0.2, 0) is 9.47 Å². The van der Waals surface area contributed by atoms with Crippen LogP contribution < -0.4 is 0 Å². The number of hydrogen-bond donors (Lipinski definition) is 0. The quantitative estimate of drug-likeness (QED) is 0.254. The van der Waals surface area contributed by atoms with E-state index in [0.29, 0.717) is 12.4 Å². The number of rotatable bonds is 7. The topological polar surface area (TPSA) is 69.0 Å². The van der Waals surface area contributed by atoms with E-state index in [1.54, 1.807) is 24.6 Å². The van der Waals surface area contributed by atoms with Gasteiger partial charge in [-0.2, -0.15) is 5.10 Å². The number of allylic oxidation sites excluding steroid dienone is 2. The van der Waals surface area contributed by atoms with Gasteiger partial charge in [0.15, 0.2) is 17.7 Å². The van der Waals surface area contributed by atoms with Crippen molar-refractivity contribution in [1.29, 1.82) is 0 Å². The maximum Gasteiger partial charge on any atom is 0.359 e. The number of unbranched alkanes of at least 4 members (excludes halogenated alkanes) is 1. The fourth-order valence-electron chi connectivity index (χ4n) is 1.75. The molecule has 1 aliphatic heterocycles. The van der Waals surface area contributed by atoms with Crippen LogP contribution in [-0.4, -0.2) is 34.7 Å². The Balaban J connectivity index is 2.08. The van der Waals surface area contributed by atoms with Crippen LogP contribution in [0.2, 0.25) is 0 Å². The minimum atomic E-state index is -0.435. The van der Waals surface area contributed by atoms with Crippen LogP contribution in [0.5, 0.6) is 0 Å². The molecule has 1 aliphatic rings. The molecule has 0 bridgehead atoms. The highest BCUT2D eigenvalue weighted by atomic mass is 16.6. The predicted octanol–water partition coefficient (Wildman–Crippen LogP) is 3.04. The standard InChI is InChI=1S/C15H21N3O3/c1-4-5-6-7-8-16-13-9-12(15(19)21-11(2)3)17-18(13)14-10-20-14/h4-5,8-9,11,14H,6-7,10H2,1-3H3. The Bertz CT molecular complexity index is 542. The Hall–Kier alpha value is -1.95. The number of ether oxygens (including phenoxy) is 2. The van der Waals surface area contributed by atoms with Gasteiger partial charge in [0.2, 0.25) is 0 Å². The van der Waals surface area contributed by atoms with E-state index in [0.717, 1.165) is 12.8 Å². The average Bonchev–Trinajstić information content (AvgIpc) is 3.18. The molecule has 1 atom stereocenters. The van der Waals surface area contributed by atoms with Crippen LogP contribution >= 0.6 is 0 Å². The normalized spacial score (nSPS) is 18.0. The summed E-state index contributed by atoms with van der Waals surface area (Å²) in [5.41, 5.74) is 0.264. The van der Waals surface area contributed by atoms with Crippen LogP contribution in [0.4, 0.5) is 5.82 Å². The van der Waals surface area contributed by atoms with Gasteiger partial charge in [-0.1, -0.05) is 12.2 Å². The Morgan fingerprint density at radius 1 is 1.62 bits per heavy atom. The van der Waals surface area contributed by atoms with Crippen LogP contribution in [0.3, 0.4) is 0 Å². The molecule has 1 aromatic heterocycles. The molecule has 2 rings (SSSR count). The van der Waals surface area contributed by atoms with Crippen molar-refractivity contribution in [3.63, 3.8) is 0 Å². The van der Waals surface area contributed by atoms with E-state index in [1.165, 1.54) is 0 Å². The molecule has 114 valence electrons. The lowest BCUT2D eigenvalue weighted by molar-refractivity contribution is 0.0369. The van der Waals surface area contributed by atoms with Gasteiger partial charge in [-0.15, -0.1) is 0 Å². The van der Waals surface area contributed by atoms with E-state index >= 15 is 0 Å². The lowest BCUT2D eigenvalue weighted by Crippen LogP contribution is -2.12. The van der Waals surface area contributed by atoms with Gasteiger partial charge in [0.25, 0.3) is 0 Å². The van der Waals surface area contributed by atoms with Crippen molar-refractivity contribution in [3.8, 4) is 0 Å². The minimum absolute atomic E-state index is 0.117. The molecule has 0 N–H and O–H groups in total. The molecular formula is C15H21N3O3. The summed E-state index contributed by atoms with van der Waals surface area (Å²) in [5.74, 6) is 0.184. The smallest absolute Gasteiger partial charge is 0.359 e. The van der Waals surface area contributed by atoms with Gasteiger partial charge >= 0.3 is 5.97 Å². The van der Waals surface area contributed by atoms with Crippen LogP contribution in [0, 0.1) is 0 Å². The molecule has 6 heteroatoms. The zero-order chi connectivity index (χ0) is 15.2. The molecular weight excluding hydrogens is 270 g/mol. The van der Waals surface area contributed by atoms with Crippen molar-refractivity contribution < 1.29 is 14.3 Å². The van der Waals surface area contributed by atoms with Gasteiger partial charge in [-0.25, -0.2) is 14.5 Å². The lowest BCUT2D eigenvalue weighted by Gasteiger charge is -2.04. The molecule has 0 radical (unpaired) electrons. The monoisotopic (exact) mass is 291 g/mol. The van der Waals surface area contributed by atoms with E-state index in [1.807, 2.05) is 19.2 Å². The highest BCUT2D eigenvalue weighted by molar-refractivity contribution is 5.88. The first-order valence-corrected chi connectivity index (χ1v) is 7.17. The van der Waals surface area contributed by atoms with Gasteiger partial charge in [0, 0.05) is 12.3 Å². The summed E-state index contributed by atoms with van der Waals surface area (Å²) < 4.78 is 12.0. The van der Waals surface area contributed by atoms with E-state index in [2.05, 4.69) is 16.2 Å². The number of carbonyl (C=O) groups excluding carboxylic acids is 1. The molecule has 0 amide bonds. The van der Waals surface area contributed by atoms with E-state index in [4.69, 9.17) is 9.47 Å². The molecule has 1 aromatic rings. The van der Waals surface area contributed by atoms with Crippen LogP contribution in [0.1, 0.15) is 50.3 Å². The number of aromatic nitrogens is 2. The summed E-state index contributed by atoms with van der Waals surface area (Å²) >= 11 is 0. The summed E-state index contributed by atoms with van der Waals surface area (Å²) in [6.45, 7) is 6.20. The van der Waals surface area contributed by atoms with E-state index < -0.39 is 5.97 Å². The fourth-order valence-corrected chi connectivity index (χ4v) is 1.75. The maximum absolute atomic E-state index is 11.9. The van der Waals surface area contributed by atoms with Gasteiger partial charge in [-0.05, 0) is 33.6 Å². The number of nitrogens with zero attached hydrogens (tertiary/aromatic N) is 3. The highest BCUT2D eigenvalue weighted by Crippen LogP contribution is 2.29. The van der Waals surface area contributed by atoms with Crippen molar-refractivity contribution in [2.75, 3.05) is 6.61 Å². The Kier molecular flexibility index (Phi) is 5.27. The number of aliphatic imine (C=N–C) groups is 1. The fraction of sp³-hybridized carbons (Fsp3) is 0.533. The highest BCUT2D eigenvalue weighted by Gasteiger charge is 2.30. The van der Waals surface area contributed by atoms with Gasteiger partial charge in [-0.3, -0.25) is 0 Å². The molecule has 0 aliphatic carbocycles. The third-order valence-electron chi connectivity index (χ3n) is 2.78. The maximum atomic E-state index is 11.9. The zero-order valence-corrected chi connectivity index (χ0v) is 12.7. The van der Waals surface area contributed by atoms with Gasteiger partial charge < -0.3 is 9.47 Å². The second-order valence-electron chi connectivity index (χ2n) is 5.03. The second-order valence-corrected chi connectivity index (χ2v) is 5.03. The van der Waals surface area contributed by atoms with Crippen molar-refractivity contribution in [2.24, 2.45) is 4.99 Å². The van der Waals surface area contributed by atoms with Crippen molar-refractivity contribution >= 4 is 18.0 Å². The predicted molar refractivity (Wildman–Crippen MR) is 80.0 cm³/mol. The van der Waals surface area contributed by atoms with Crippen molar-refractivity contribution in [2.45, 2.75) is 45.9 Å². The molecule has 1 fully saturated rings. The van der Waals surface area contributed by atoms with E-state index in [9.17, 15) is 4.79 Å². The van der Waals surface area contributed by atoms with Crippen molar-refractivity contribution in [3.05, 3.63) is 23.9 Å². The second kappa shape index (κ2) is 7.17. The summed E-state index contributed by atoms with van der Waals surface area (Å²) in [6, 6.07) is 1.64. The Morgan fingerprint density at radius 3 is 3.00 bits per heavy atom.